The van der Waals surface area contributed by atoms with E-state index in [0.29, 0.717) is 11.3 Å². The van der Waals surface area contributed by atoms with Gasteiger partial charge in [-0.2, -0.15) is 0 Å². The molecule has 2 heterocycles. The monoisotopic (exact) mass is 361 g/mol. The van der Waals surface area contributed by atoms with Crippen molar-refractivity contribution in [3.05, 3.63) is 58.7 Å². The van der Waals surface area contributed by atoms with Crippen LogP contribution in [0.5, 0.6) is 5.75 Å². The summed E-state index contributed by atoms with van der Waals surface area (Å²) in [6.07, 6.45) is 3.52. The van der Waals surface area contributed by atoms with Gasteiger partial charge in [-0.3, -0.25) is 9.36 Å². The van der Waals surface area contributed by atoms with Crippen molar-refractivity contribution in [1.29, 1.82) is 0 Å². The molecule has 5 nitrogen and oxygen atoms in total. The number of methoxy groups -OCH3 is 3. The Morgan fingerprint density at radius 3 is 2.52 bits per heavy atom. The maximum absolute atomic E-state index is 12.9. The fourth-order valence-electron chi connectivity index (χ4n) is 4.58. The molecule has 0 saturated carbocycles. The molecule has 0 amide bonds. The van der Waals surface area contributed by atoms with Crippen LogP contribution in [0.1, 0.15) is 27.0 Å². The number of carbonyl (C=O) groups excluding carboxylic acids is 1. The van der Waals surface area contributed by atoms with Gasteiger partial charge in [-0.25, -0.2) is 0 Å². The van der Waals surface area contributed by atoms with Crippen molar-refractivity contribution >= 4 is 22.8 Å². The lowest BCUT2D eigenvalue weighted by atomic mass is 9.92. The van der Waals surface area contributed by atoms with Gasteiger partial charge in [0.05, 0.1) is 29.4 Å². The molecule has 0 bridgehead atoms. The minimum Gasteiger partial charge on any atom is -0.496 e. The van der Waals surface area contributed by atoms with Gasteiger partial charge in [0.1, 0.15) is 5.75 Å². The lowest BCUT2D eigenvalue weighted by molar-refractivity contribution is -0.229. The molecule has 0 saturated heterocycles. The average molecular weight is 361 g/mol. The highest BCUT2D eigenvalue weighted by Crippen LogP contribution is 2.54. The number of ketones is 1. The van der Waals surface area contributed by atoms with E-state index >= 15 is 0 Å². The predicted molar refractivity (Wildman–Crippen MR) is 103 cm³/mol. The summed E-state index contributed by atoms with van der Waals surface area (Å²) in [5.74, 6) is -0.558. The highest BCUT2D eigenvalue weighted by atomic mass is 16.7. The molecule has 27 heavy (non-hydrogen) atoms. The van der Waals surface area contributed by atoms with E-state index in [-0.39, 0.29) is 5.78 Å². The van der Waals surface area contributed by atoms with Crippen molar-refractivity contribution in [3.63, 3.8) is 0 Å². The second-order valence-corrected chi connectivity index (χ2v) is 6.88. The van der Waals surface area contributed by atoms with Crippen molar-refractivity contribution in [2.45, 2.75) is 12.8 Å². The number of rotatable bonds is 3. The van der Waals surface area contributed by atoms with Gasteiger partial charge in [-0.05, 0) is 36.3 Å². The Hall–Kier alpha value is -2.89. The Kier molecular flexibility index (Phi) is 3.21. The van der Waals surface area contributed by atoms with E-state index in [1.54, 1.807) is 27.4 Å². The molecule has 1 aromatic heterocycles. The first-order valence-corrected chi connectivity index (χ1v) is 8.77. The predicted octanol–water partition coefficient (Wildman–Crippen LogP) is 4.10. The zero-order chi connectivity index (χ0) is 18.9. The molecule has 5 heteroatoms. The third kappa shape index (κ3) is 1.78. The van der Waals surface area contributed by atoms with E-state index in [0.717, 1.165) is 38.9 Å². The topological polar surface area (TPSA) is 49.7 Å². The standard InChI is InChI=1S/C22H19NO4/c1-12-10-13-8-9-16(24)19-18(13)15(11-12)23-21(19)14-6-5-7-17(25-2)20(14)22(23,26-3)27-4/h5-11H,1-4H3. The number of ether oxygens (including phenoxy) is 3. The Morgan fingerprint density at radius 2 is 1.81 bits per heavy atom. The number of benzene rings is 2. The molecule has 0 radical (unpaired) electrons. The van der Waals surface area contributed by atoms with E-state index in [1.807, 2.05) is 35.8 Å². The SMILES string of the molecule is COc1cccc2c1C(OC)(OC)n1c-2c2c3c(cc(C)cc31)C=CC2=O. The van der Waals surface area contributed by atoms with Gasteiger partial charge in [0, 0.05) is 25.2 Å². The van der Waals surface area contributed by atoms with Crippen LogP contribution in [0.4, 0.5) is 0 Å². The summed E-state index contributed by atoms with van der Waals surface area (Å²) in [6.45, 7) is 2.05. The highest BCUT2D eigenvalue weighted by Gasteiger charge is 2.50. The van der Waals surface area contributed by atoms with E-state index in [2.05, 4.69) is 12.1 Å². The van der Waals surface area contributed by atoms with Crippen LogP contribution in [-0.2, 0) is 15.4 Å². The fraction of sp³-hybridized carbons (Fsp3) is 0.227. The molecule has 3 aromatic rings. The number of aromatic nitrogens is 1. The molecule has 5 rings (SSSR count). The summed E-state index contributed by atoms with van der Waals surface area (Å²) in [6, 6.07) is 9.95. The Bertz CT molecular complexity index is 1170. The fourth-order valence-corrected chi connectivity index (χ4v) is 4.58. The largest absolute Gasteiger partial charge is 0.496 e. The smallest absolute Gasteiger partial charge is 0.288 e. The van der Waals surface area contributed by atoms with Crippen LogP contribution in [-0.4, -0.2) is 31.7 Å². The lowest BCUT2D eigenvalue weighted by Crippen LogP contribution is -2.36. The van der Waals surface area contributed by atoms with Crippen LogP contribution in [0.3, 0.4) is 0 Å². The molecular formula is C22H19NO4. The van der Waals surface area contributed by atoms with E-state index in [4.69, 9.17) is 14.2 Å². The summed E-state index contributed by atoms with van der Waals surface area (Å²) in [5, 5.41) is 0.940. The van der Waals surface area contributed by atoms with Crippen LogP contribution in [0.25, 0.3) is 28.2 Å². The molecule has 136 valence electrons. The first kappa shape index (κ1) is 16.3. The third-order valence-electron chi connectivity index (χ3n) is 5.57. The minimum atomic E-state index is -1.20. The normalized spacial score (nSPS) is 15.9. The Balaban J connectivity index is 2.05. The molecule has 0 fully saturated rings. The van der Waals surface area contributed by atoms with Crippen LogP contribution >= 0.6 is 0 Å². The zero-order valence-electron chi connectivity index (χ0n) is 15.6. The lowest BCUT2D eigenvalue weighted by Gasteiger charge is -2.31. The van der Waals surface area contributed by atoms with Gasteiger partial charge >= 0.3 is 0 Å². The number of nitrogens with zero attached hydrogens (tertiary/aromatic N) is 1. The van der Waals surface area contributed by atoms with Gasteiger partial charge in [0.2, 0.25) is 0 Å². The van der Waals surface area contributed by atoms with Gasteiger partial charge in [-0.15, -0.1) is 0 Å². The van der Waals surface area contributed by atoms with Gasteiger partial charge < -0.3 is 14.2 Å². The van der Waals surface area contributed by atoms with Crippen molar-refractivity contribution in [2.24, 2.45) is 0 Å². The molecule has 2 aliphatic rings. The molecule has 0 unspecified atom stereocenters. The number of fused-ring (bicyclic) bond motifs is 5. The number of hydrogen-bond donors (Lipinski definition) is 0. The third-order valence-corrected chi connectivity index (χ3v) is 5.57. The van der Waals surface area contributed by atoms with Crippen LogP contribution in [0, 0.1) is 6.92 Å². The van der Waals surface area contributed by atoms with Crippen molar-refractivity contribution in [1.82, 2.24) is 4.57 Å². The van der Waals surface area contributed by atoms with Crippen LogP contribution in [0.15, 0.2) is 36.4 Å². The number of allylic oxidation sites excluding steroid dienone is 1. The molecule has 0 N–H and O–H groups in total. The van der Waals surface area contributed by atoms with E-state index in [9.17, 15) is 4.79 Å². The van der Waals surface area contributed by atoms with E-state index in [1.165, 1.54) is 0 Å². The maximum Gasteiger partial charge on any atom is 0.288 e. The van der Waals surface area contributed by atoms with Crippen LogP contribution in [0.2, 0.25) is 0 Å². The number of carbonyl (C=O) groups is 1. The zero-order valence-corrected chi connectivity index (χ0v) is 15.6. The molecule has 1 aliphatic carbocycles. The Labute approximate surface area is 156 Å². The quantitative estimate of drug-likeness (QED) is 0.659. The maximum atomic E-state index is 12.9. The molecule has 0 atom stereocenters. The van der Waals surface area contributed by atoms with Crippen LogP contribution < -0.4 is 4.74 Å². The first-order valence-electron chi connectivity index (χ1n) is 8.77. The molecule has 1 aliphatic heterocycles. The minimum absolute atomic E-state index is 0.0121. The first-order chi connectivity index (χ1) is 13.1. The molecule has 0 spiro atoms. The van der Waals surface area contributed by atoms with Crippen molar-refractivity contribution in [2.75, 3.05) is 21.3 Å². The summed E-state index contributed by atoms with van der Waals surface area (Å²) < 4.78 is 19.6. The summed E-state index contributed by atoms with van der Waals surface area (Å²) in [5.41, 5.74) is 6.21. The number of aryl methyl sites for hydroxylation is 1. The average Bonchev–Trinajstić information content (AvgIpc) is 3.17. The van der Waals surface area contributed by atoms with E-state index < -0.39 is 5.91 Å². The van der Waals surface area contributed by atoms with Crippen molar-refractivity contribution in [3.8, 4) is 17.0 Å². The summed E-state index contributed by atoms with van der Waals surface area (Å²) in [4.78, 5) is 12.9. The van der Waals surface area contributed by atoms with Gasteiger partial charge in [-0.1, -0.05) is 24.3 Å². The summed E-state index contributed by atoms with van der Waals surface area (Å²) >= 11 is 0. The van der Waals surface area contributed by atoms with Gasteiger partial charge in [0.25, 0.3) is 5.91 Å². The second-order valence-electron chi connectivity index (χ2n) is 6.88. The summed E-state index contributed by atoms with van der Waals surface area (Å²) in [7, 11) is 4.84. The number of hydrogen-bond acceptors (Lipinski definition) is 4. The molecular weight excluding hydrogens is 342 g/mol. The van der Waals surface area contributed by atoms with Gasteiger partial charge in [0.15, 0.2) is 5.78 Å². The highest BCUT2D eigenvalue weighted by molar-refractivity contribution is 6.24. The molecule has 2 aromatic carbocycles. The van der Waals surface area contributed by atoms with Crippen molar-refractivity contribution < 1.29 is 19.0 Å². The second kappa shape index (κ2) is 5.31. The Morgan fingerprint density at radius 1 is 1.04 bits per heavy atom.